The molecule has 1 aliphatic heterocycles. The van der Waals surface area contributed by atoms with Crippen molar-refractivity contribution in [3.8, 4) is 17.3 Å². The predicted molar refractivity (Wildman–Crippen MR) is 100 cm³/mol. The van der Waals surface area contributed by atoms with Crippen molar-refractivity contribution in [2.24, 2.45) is 5.92 Å². The van der Waals surface area contributed by atoms with Crippen LogP contribution < -0.4 is 0 Å². The first-order valence-electron chi connectivity index (χ1n) is 9.65. The molecular weight excluding hydrogens is 374 g/mol. The molecule has 1 aromatic heterocycles. The van der Waals surface area contributed by atoms with E-state index >= 15 is 0 Å². The summed E-state index contributed by atoms with van der Waals surface area (Å²) in [4.78, 5) is 15.1. The van der Waals surface area contributed by atoms with Crippen LogP contribution in [0.25, 0.3) is 11.3 Å². The van der Waals surface area contributed by atoms with Crippen LogP contribution >= 0.6 is 0 Å². The highest BCUT2D eigenvalue weighted by atomic mass is 19.1. The molecule has 3 aliphatic rings. The molecule has 2 aromatic rings. The summed E-state index contributed by atoms with van der Waals surface area (Å²) in [5.41, 5.74) is 1.15. The molecule has 1 amide bonds. The smallest absolute Gasteiger partial charge is 0.239 e. The zero-order chi connectivity index (χ0) is 20.3. The number of fused-ring (bicyclic) bond motifs is 5. The first-order chi connectivity index (χ1) is 14.0. The van der Waals surface area contributed by atoms with Crippen LogP contribution in [0.2, 0.25) is 0 Å². The molecule has 1 saturated carbocycles. The van der Waals surface area contributed by atoms with E-state index in [0.717, 1.165) is 17.6 Å². The van der Waals surface area contributed by atoms with Crippen molar-refractivity contribution < 1.29 is 13.6 Å². The summed E-state index contributed by atoms with van der Waals surface area (Å²) in [6.07, 6.45) is 1.80. The van der Waals surface area contributed by atoms with E-state index in [1.54, 1.807) is 11.0 Å². The quantitative estimate of drug-likeness (QED) is 0.750. The van der Waals surface area contributed by atoms with E-state index in [1.807, 2.05) is 0 Å². The number of rotatable bonds is 3. The Morgan fingerprint density at radius 3 is 2.72 bits per heavy atom. The number of nitrogens with zero attached hydrogens (tertiary/aromatic N) is 4. The average molecular weight is 392 g/mol. The van der Waals surface area contributed by atoms with Gasteiger partial charge in [0.2, 0.25) is 5.91 Å². The molecule has 2 aliphatic carbocycles. The van der Waals surface area contributed by atoms with Gasteiger partial charge in [0.1, 0.15) is 17.0 Å². The van der Waals surface area contributed by atoms with Gasteiger partial charge in [-0.3, -0.25) is 4.79 Å². The van der Waals surface area contributed by atoms with Crippen molar-refractivity contribution in [2.45, 2.75) is 30.6 Å². The summed E-state index contributed by atoms with van der Waals surface area (Å²) in [5.74, 6) is -1.29. The number of halogens is 2. The molecule has 0 N–H and O–H groups in total. The van der Waals surface area contributed by atoms with Crippen LogP contribution in [0.1, 0.15) is 36.4 Å². The van der Waals surface area contributed by atoms with Gasteiger partial charge in [0.25, 0.3) is 0 Å². The standard InChI is InChI=1S/C22H18F2N4O/c1-12-14-5-7-22(12,21(29)28-10-13(11-28)6-8-25)20-15(14)9-18(26-27-20)19-16(23)3-2-4-17(19)24/h2-4,9,13-14H,1,5-7,10-11H2/t14-,22-/m0/s1. The zero-order valence-electron chi connectivity index (χ0n) is 15.7. The lowest BCUT2D eigenvalue weighted by Gasteiger charge is -2.43. The molecule has 1 aromatic carbocycles. The third-order valence-corrected chi connectivity index (χ3v) is 6.59. The van der Waals surface area contributed by atoms with Crippen molar-refractivity contribution >= 4 is 5.91 Å². The van der Waals surface area contributed by atoms with Crippen LogP contribution in [0.4, 0.5) is 8.78 Å². The number of carbonyl (C=O) groups excluding carboxylic acids is 1. The summed E-state index contributed by atoms with van der Waals surface area (Å²) < 4.78 is 28.4. The molecule has 0 spiro atoms. The number of hydrogen-bond acceptors (Lipinski definition) is 4. The van der Waals surface area contributed by atoms with Crippen LogP contribution in [0.15, 0.2) is 36.4 Å². The number of carbonyl (C=O) groups is 1. The summed E-state index contributed by atoms with van der Waals surface area (Å²) in [6, 6.07) is 7.48. The van der Waals surface area contributed by atoms with E-state index in [0.29, 0.717) is 31.6 Å². The van der Waals surface area contributed by atoms with Gasteiger partial charge in [-0.15, -0.1) is 5.10 Å². The summed E-state index contributed by atoms with van der Waals surface area (Å²) in [6.45, 7) is 5.33. The van der Waals surface area contributed by atoms with Gasteiger partial charge >= 0.3 is 0 Å². The molecule has 0 unspecified atom stereocenters. The lowest BCUT2D eigenvalue weighted by atomic mass is 9.78. The largest absolute Gasteiger partial charge is 0.341 e. The van der Waals surface area contributed by atoms with Crippen molar-refractivity contribution in [1.29, 1.82) is 5.26 Å². The van der Waals surface area contributed by atoms with Gasteiger partial charge in [0.15, 0.2) is 0 Å². The molecular formula is C22H18F2N4O. The van der Waals surface area contributed by atoms with Crippen LogP contribution in [-0.4, -0.2) is 34.1 Å². The van der Waals surface area contributed by atoms with Gasteiger partial charge in [-0.2, -0.15) is 10.4 Å². The minimum absolute atomic E-state index is 0.0444. The van der Waals surface area contributed by atoms with Crippen molar-refractivity contribution in [3.05, 3.63) is 59.3 Å². The Hall–Kier alpha value is -3.14. The van der Waals surface area contributed by atoms with Crippen LogP contribution in [-0.2, 0) is 10.2 Å². The van der Waals surface area contributed by atoms with Crippen LogP contribution in [0, 0.1) is 28.9 Å². The minimum atomic E-state index is -0.906. The first-order valence-corrected chi connectivity index (χ1v) is 9.65. The lowest BCUT2D eigenvalue weighted by Crippen LogP contribution is -2.56. The van der Waals surface area contributed by atoms with Crippen molar-refractivity contribution in [1.82, 2.24) is 15.1 Å². The second-order valence-electron chi connectivity index (χ2n) is 8.09. The number of benzene rings is 1. The van der Waals surface area contributed by atoms with E-state index in [4.69, 9.17) is 5.26 Å². The molecule has 5 nitrogen and oxygen atoms in total. The zero-order valence-corrected chi connectivity index (χ0v) is 15.7. The van der Waals surface area contributed by atoms with Crippen molar-refractivity contribution in [2.75, 3.05) is 13.1 Å². The molecule has 2 heterocycles. The Labute approximate surface area is 166 Å². The molecule has 146 valence electrons. The fraction of sp³-hybridized carbons (Fsp3) is 0.364. The Bertz CT molecular complexity index is 1080. The number of aromatic nitrogens is 2. The number of likely N-dealkylation sites (tertiary alicyclic amines) is 1. The van der Waals surface area contributed by atoms with E-state index in [1.165, 1.54) is 18.2 Å². The predicted octanol–water partition coefficient (Wildman–Crippen LogP) is 3.48. The maximum absolute atomic E-state index is 14.2. The highest BCUT2D eigenvalue weighted by Crippen LogP contribution is 2.60. The monoisotopic (exact) mass is 392 g/mol. The van der Waals surface area contributed by atoms with Crippen LogP contribution in [0.5, 0.6) is 0 Å². The molecule has 5 rings (SSSR count). The molecule has 0 radical (unpaired) electrons. The maximum atomic E-state index is 14.2. The van der Waals surface area contributed by atoms with Gasteiger partial charge in [-0.05, 0) is 42.2 Å². The molecule has 2 fully saturated rings. The topological polar surface area (TPSA) is 69.9 Å². The maximum Gasteiger partial charge on any atom is 0.239 e. The molecule has 2 bridgehead atoms. The third-order valence-electron chi connectivity index (χ3n) is 6.59. The van der Waals surface area contributed by atoms with E-state index in [9.17, 15) is 13.6 Å². The molecule has 2 atom stereocenters. The third kappa shape index (κ3) is 2.32. The molecule has 29 heavy (non-hydrogen) atoms. The summed E-state index contributed by atoms with van der Waals surface area (Å²) in [5, 5.41) is 17.2. The SMILES string of the molecule is C=C1[C@@H]2CC[C@@]1(C(=O)N1CC(CC#N)C1)c1nnc(-c3c(F)cccc3F)cc12. The fourth-order valence-corrected chi connectivity index (χ4v) is 5.08. The van der Waals surface area contributed by atoms with Gasteiger partial charge in [0.05, 0.1) is 23.0 Å². The highest BCUT2D eigenvalue weighted by Gasteiger charge is 2.60. The van der Waals surface area contributed by atoms with E-state index < -0.39 is 17.0 Å². The number of amides is 1. The second kappa shape index (κ2) is 6.18. The Morgan fingerprint density at radius 1 is 1.31 bits per heavy atom. The summed E-state index contributed by atoms with van der Waals surface area (Å²) in [7, 11) is 0. The number of nitriles is 1. The normalized spacial score (nSPS) is 24.9. The van der Waals surface area contributed by atoms with Gasteiger partial charge in [0, 0.05) is 31.3 Å². The van der Waals surface area contributed by atoms with Crippen molar-refractivity contribution in [3.63, 3.8) is 0 Å². The molecule has 7 heteroatoms. The fourth-order valence-electron chi connectivity index (χ4n) is 5.08. The minimum Gasteiger partial charge on any atom is -0.341 e. The van der Waals surface area contributed by atoms with Gasteiger partial charge < -0.3 is 4.90 Å². The average Bonchev–Trinajstić information content (AvgIpc) is 3.13. The molecule has 1 saturated heterocycles. The van der Waals surface area contributed by atoms with E-state index in [2.05, 4.69) is 22.8 Å². The Kier molecular flexibility index (Phi) is 3.82. The lowest BCUT2D eigenvalue weighted by molar-refractivity contribution is -0.142. The van der Waals surface area contributed by atoms with Gasteiger partial charge in [-0.25, -0.2) is 8.78 Å². The second-order valence-corrected chi connectivity index (χ2v) is 8.09. The summed E-state index contributed by atoms with van der Waals surface area (Å²) >= 11 is 0. The highest BCUT2D eigenvalue weighted by molar-refractivity contribution is 5.95. The van der Waals surface area contributed by atoms with E-state index in [-0.39, 0.29) is 29.0 Å². The Balaban J connectivity index is 1.54. The first kappa shape index (κ1) is 17.9. The van der Waals surface area contributed by atoms with Gasteiger partial charge in [-0.1, -0.05) is 12.6 Å². The van der Waals surface area contributed by atoms with Crippen LogP contribution in [0.3, 0.4) is 0 Å². The Morgan fingerprint density at radius 2 is 2.03 bits per heavy atom. The number of hydrogen-bond donors (Lipinski definition) is 0.